The predicted octanol–water partition coefficient (Wildman–Crippen LogP) is 3.69. The molecule has 10 rings (SSSR count). The summed E-state index contributed by atoms with van der Waals surface area (Å²) in [5.74, 6) is 4.52. The summed E-state index contributed by atoms with van der Waals surface area (Å²) >= 11 is 0. The van der Waals surface area contributed by atoms with E-state index in [1.54, 1.807) is 30.9 Å². The molecule has 2 atom stereocenters. The van der Waals surface area contributed by atoms with E-state index in [2.05, 4.69) is 25.6 Å². The SMILES string of the molecule is CC#N.CS(=O)(=O)OCC12CC(C(=O)N3N=CCC3c3cncc(F)c3)(C1)C2.Cl.NNCC12CC(C(=O)N3N=CCC3c3cncc(F)c3)(C1)C2. The van der Waals surface area contributed by atoms with Crippen LogP contribution in [0.4, 0.5) is 8.78 Å². The lowest BCUT2D eigenvalue weighted by Crippen LogP contribution is -2.70. The van der Waals surface area contributed by atoms with Gasteiger partial charge >= 0.3 is 0 Å². The van der Waals surface area contributed by atoms with Crippen molar-refractivity contribution >= 4 is 46.8 Å². The number of aromatic nitrogens is 2. The van der Waals surface area contributed by atoms with Gasteiger partial charge in [0.25, 0.3) is 10.1 Å². The second-order valence-corrected chi connectivity index (χ2v) is 16.1. The van der Waals surface area contributed by atoms with Crippen molar-refractivity contribution in [1.29, 1.82) is 5.26 Å². The monoisotopic (exact) mass is 747 g/mol. The lowest BCUT2D eigenvalue weighted by molar-refractivity contribution is -0.226. The second-order valence-electron chi connectivity index (χ2n) is 14.5. The number of amides is 2. The molecular formula is C33H40ClF2N9O5S. The van der Waals surface area contributed by atoms with E-state index in [4.69, 9.17) is 15.3 Å². The van der Waals surface area contributed by atoms with Gasteiger partial charge in [-0.2, -0.15) is 23.9 Å². The average Bonchev–Trinajstić information content (AvgIpc) is 3.67. The molecule has 3 N–H and O–H groups in total. The van der Waals surface area contributed by atoms with E-state index in [0.717, 1.165) is 44.5 Å². The Hall–Kier alpha value is -3.95. The van der Waals surface area contributed by atoms with Crippen molar-refractivity contribution in [2.24, 2.45) is 37.7 Å². The molecule has 2 aliphatic heterocycles. The van der Waals surface area contributed by atoms with Gasteiger partial charge in [0.2, 0.25) is 11.8 Å². The molecule has 0 radical (unpaired) electrons. The molecule has 6 fully saturated rings. The molecule has 14 nitrogen and oxygen atoms in total. The van der Waals surface area contributed by atoms with E-state index in [9.17, 15) is 26.8 Å². The Morgan fingerprint density at radius 3 is 1.69 bits per heavy atom. The van der Waals surface area contributed by atoms with Crippen LogP contribution in [0.15, 0.2) is 47.1 Å². The highest BCUT2D eigenvalue weighted by atomic mass is 35.5. The predicted molar refractivity (Wildman–Crippen MR) is 183 cm³/mol. The van der Waals surface area contributed by atoms with Gasteiger partial charge in [0.1, 0.15) is 11.6 Å². The van der Waals surface area contributed by atoms with Crippen molar-refractivity contribution in [2.75, 3.05) is 19.4 Å². The zero-order valence-corrected chi connectivity index (χ0v) is 29.8. The minimum atomic E-state index is -3.47. The number of carbonyl (C=O) groups is 2. The van der Waals surface area contributed by atoms with Gasteiger partial charge < -0.3 is 0 Å². The smallest absolute Gasteiger partial charge is 0.264 e. The van der Waals surface area contributed by atoms with Gasteiger partial charge in [-0.15, -0.1) is 12.4 Å². The summed E-state index contributed by atoms with van der Waals surface area (Å²) in [7, 11) is -3.47. The van der Waals surface area contributed by atoms with Crippen molar-refractivity contribution in [3.63, 3.8) is 0 Å². The fourth-order valence-electron chi connectivity index (χ4n) is 8.72. The molecule has 51 heavy (non-hydrogen) atoms. The molecule has 274 valence electrons. The molecule has 2 unspecified atom stereocenters. The first-order valence-corrected chi connectivity index (χ1v) is 18.0. The van der Waals surface area contributed by atoms with Crippen LogP contribution in [-0.4, -0.2) is 72.1 Å². The van der Waals surface area contributed by atoms with Crippen LogP contribution in [0.5, 0.6) is 0 Å². The van der Waals surface area contributed by atoms with Crippen LogP contribution in [0.3, 0.4) is 0 Å². The Bertz CT molecular complexity index is 1850. The highest BCUT2D eigenvalue weighted by Gasteiger charge is 2.73. The van der Waals surface area contributed by atoms with Crippen LogP contribution in [0.2, 0.25) is 0 Å². The van der Waals surface area contributed by atoms with Gasteiger partial charge in [-0.05, 0) is 72.6 Å². The van der Waals surface area contributed by atoms with Crippen molar-refractivity contribution in [3.8, 4) is 6.07 Å². The summed E-state index contributed by atoms with van der Waals surface area (Å²) in [5.41, 5.74) is 3.24. The highest BCUT2D eigenvalue weighted by Crippen LogP contribution is 2.75. The third-order valence-electron chi connectivity index (χ3n) is 10.5. The van der Waals surface area contributed by atoms with E-state index < -0.39 is 27.2 Å². The first kappa shape index (κ1) is 38.3. The van der Waals surface area contributed by atoms with Crippen molar-refractivity contribution in [3.05, 3.63) is 59.7 Å². The summed E-state index contributed by atoms with van der Waals surface area (Å²) in [5, 5.41) is 18.7. The Balaban J connectivity index is 0.000000182. The molecule has 0 aromatic carbocycles. The third-order valence-corrected chi connectivity index (χ3v) is 11.1. The first-order valence-electron chi connectivity index (χ1n) is 16.2. The molecule has 18 heteroatoms. The fraction of sp³-hybridized carbons (Fsp3) is 0.545. The number of hydrazine groups is 1. The van der Waals surface area contributed by atoms with Gasteiger partial charge in [-0.1, -0.05) is 0 Å². The number of pyridine rings is 2. The number of hydrogen-bond donors (Lipinski definition) is 2. The highest BCUT2D eigenvalue weighted by molar-refractivity contribution is 7.85. The Labute approximate surface area is 301 Å². The van der Waals surface area contributed by atoms with Crippen LogP contribution in [0.25, 0.3) is 0 Å². The maximum Gasteiger partial charge on any atom is 0.264 e. The van der Waals surface area contributed by atoms with Crippen molar-refractivity contribution < 1.29 is 31.0 Å². The zero-order valence-electron chi connectivity index (χ0n) is 28.2. The Kier molecular flexibility index (Phi) is 10.7. The summed E-state index contributed by atoms with van der Waals surface area (Å²) < 4.78 is 54.0. The molecule has 4 bridgehead atoms. The molecule has 0 saturated heterocycles. The maximum absolute atomic E-state index is 13.4. The normalized spacial score (nSPS) is 31.5. The molecule has 6 aliphatic carbocycles. The number of rotatable bonds is 9. The summed E-state index contributed by atoms with van der Waals surface area (Å²) in [6.45, 7) is 2.31. The van der Waals surface area contributed by atoms with Crippen LogP contribution < -0.4 is 11.3 Å². The lowest BCUT2D eigenvalue weighted by Gasteiger charge is -2.69. The average molecular weight is 748 g/mol. The standard InChI is InChI=1S/C16H18FN3O4S.C15H18FN5O.C2H3N.ClH/c1-25(22,23)24-10-15-7-16(8-15,9-15)14(21)20-13(2-3-19-20)11-4-12(17)6-18-5-11;16-11-3-10(4-18-5-11)12-1-2-20-21(12)13(22)15-6-14(7-15,8-15)9-19-17;1-2-3;/h3-6,13H,2,7-10H2,1H3;2-5,12,19H,1,6-9,17H2;1H3;1H. The Morgan fingerprint density at radius 2 is 1.31 bits per heavy atom. The van der Waals surface area contributed by atoms with E-state index in [0.29, 0.717) is 43.2 Å². The number of hydrogen-bond acceptors (Lipinski definition) is 12. The second kappa shape index (κ2) is 14.2. The van der Waals surface area contributed by atoms with Crippen molar-refractivity contribution in [1.82, 2.24) is 25.4 Å². The summed E-state index contributed by atoms with van der Waals surface area (Å²) in [4.78, 5) is 33.5. The van der Waals surface area contributed by atoms with Gasteiger partial charge in [0.15, 0.2) is 0 Å². The van der Waals surface area contributed by atoms with Crippen LogP contribution >= 0.6 is 12.4 Å². The lowest BCUT2D eigenvalue weighted by atomic mass is 9.35. The maximum atomic E-state index is 13.4. The number of hydrazone groups is 2. The fourth-order valence-corrected chi connectivity index (χ4v) is 9.18. The molecule has 2 amide bonds. The number of nitrogens with one attached hydrogen (secondary N) is 1. The third kappa shape index (κ3) is 7.25. The quantitative estimate of drug-likeness (QED) is 0.217. The van der Waals surface area contributed by atoms with Crippen LogP contribution in [0, 0.1) is 44.6 Å². The molecule has 6 saturated carbocycles. The van der Waals surface area contributed by atoms with Crippen LogP contribution in [0.1, 0.15) is 81.5 Å². The minimum absolute atomic E-state index is 0. The van der Waals surface area contributed by atoms with E-state index >= 15 is 0 Å². The summed E-state index contributed by atoms with van der Waals surface area (Å²) in [6.07, 6.45) is 15.4. The number of nitriles is 1. The number of carbonyl (C=O) groups excluding carboxylic acids is 2. The van der Waals surface area contributed by atoms with E-state index in [1.807, 2.05) is 0 Å². The van der Waals surface area contributed by atoms with Gasteiger partial charge in [-0.3, -0.25) is 35.0 Å². The first-order chi connectivity index (χ1) is 23.7. The van der Waals surface area contributed by atoms with E-state index in [-0.39, 0.29) is 59.2 Å². The Morgan fingerprint density at radius 1 is 0.902 bits per heavy atom. The molecule has 2 aromatic rings. The number of nitrogens with two attached hydrogens (primary N) is 1. The largest absolute Gasteiger partial charge is 0.272 e. The number of halogens is 3. The number of nitrogens with zero attached hydrogens (tertiary/aromatic N) is 7. The van der Waals surface area contributed by atoms with E-state index in [1.165, 1.54) is 29.1 Å². The molecule has 2 aromatic heterocycles. The van der Waals surface area contributed by atoms with Crippen LogP contribution in [-0.2, 0) is 23.9 Å². The summed E-state index contributed by atoms with van der Waals surface area (Å²) in [6, 6.07) is 3.96. The van der Waals surface area contributed by atoms with Gasteiger partial charge in [0.05, 0.1) is 54.2 Å². The molecule has 0 spiro atoms. The van der Waals surface area contributed by atoms with Gasteiger partial charge in [0, 0.05) is 51.1 Å². The molecule has 8 aliphatic rings. The van der Waals surface area contributed by atoms with Crippen molar-refractivity contribution in [2.45, 2.75) is 70.4 Å². The minimum Gasteiger partial charge on any atom is -0.272 e. The van der Waals surface area contributed by atoms with Gasteiger partial charge in [-0.25, -0.2) is 18.8 Å². The zero-order chi connectivity index (χ0) is 36.0. The molecule has 4 heterocycles. The topological polar surface area (TPSA) is 196 Å². The molecular weight excluding hydrogens is 708 g/mol.